The molecule has 0 saturated heterocycles. The van der Waals surface area contributed by atoms with Crippen molar-refractivity contribution in [2.24, 2.45) is 0 Å². The molecule has 0 bridgehead atoms. The monoisotopic (exact) mass is 172 g/mol. The SMILES string of the molecule is CCC.O=C(O)c1cccs1. The van der Waals surface area contributed by atoms with E-state index in [1.165, 1.54) is 17.8 Å². The van der Waals surface area contributed by atoms with E-state index in [0.717, 1.165) is 0 Å². The van der Waals surface area contributed by atoms with E-state index in [1.807, 2.05) is 0 Å². The Morgan fingerprint density at radius 2 is 2.18 bits per heavy atom. The molecule has 0 saturated carbocycles. The van der Waals surface area contributed by atoms with Gasteiger partial charge >= 0.3 is 5.97 Å². The largest absolute Gasteiger partial charge is 0.477 e. The molecular weight excluding hydrogens is 160 g/mol. The summed E-state index contributed by atoms with van der Waals surface area (Å²) >= 11 is 1.23. The molecule has 0 aliphatic carbocycles. The molecule has 1 aromatic heterocycles. The predicted molar refractivity (Wildman–Crippen MR) is 47.2 cm³/mol. The molecule has 0 amide bonds. The average molecular weight is 172 g/mol. The molecule has 0 unspecified atom stereocenters. The summed E-state index contributed by atoms with van der Waals surface area (Å²) in [4.78, 5) is 10.5. The summed E-state index contributed by atoms with van der Waals surface area (Å²) < 4.78 is 0. The lowest BCUT2D eigenvalue weighted by atomic mass is 10.5. The van der Waals surface area contributed by atoms with Gasteiger partial charge in [-0.2, -0.15) is 0 Å². The maximum absolute atomic E-state index is 10.1. The van der Waals surface area contributed by atoms with Crippen LogP contribution in [0.15, 0.2) is 17.5 Å². The van der Waals surface area contributed by atoms with Gasteiger partial charge in [0.2, 0.25) is 0 Å². The van der Waals surface area contributed by atoms with Gasteiger partial charge in [0.15, 0.2) is 0 Å². The second-order valence-electron chi connectivity index (χ2n) is 1.99. The summed E-state index contributed by atoms with van der Waals surface area (Å²) in [6.45, 7) is 4.25. The van der Waals surface area contributed by atoms with Crippen molar-refractivity contribution in [1.29, 1.82) is 0 Å². The van der Waals surface area contributed by atoms with E-state index in [4.69, 9.17) is 5.11 Å². The van der Waals surface area contributed by atoms with E-state index in [2.05, 4.69) is 13.8 Å². The van der Waals surface area contributed by atoms with Crippen molar-refractivity contribution in [2.75, 3.05) is 0 Å². The average Bonchev–Trinajstić information content (AvgIpc) is 2.38. The minimum Gasteiger partial charge on any atom is -0.477 e. The quantitative estimate of drug-likeness (QED) is 0.707. The van der Waals surface area contributed by atoms with Crippen LogP contribution >= 0.6 is 11.3 Å². The fraction of sp³-hybridized carbons (Fsp3) is 0.375. The molecule has 0 aliphatic heterocycles. The van der Waals surface area contributed by atoms with Crippen LogP contribution in [0.2, 0.25) is 0 Å². The lowest BCUT2D eigenvalue weighted by molar-refractivity contribution is 0.0702. The summed E-state index contributed by atoms with van der Waals surface area (Å²) in [7, 11) is 0. The number of hydrogen-bond acceptors (Lipinski definition) is 2. The zero-order valence-corrected chi connectivity index (χ0v) is 7.52. The molecule has 1 N–H and O–H groups in total. The third-order valence-corrected chi connectivity index (χ3v) is 1.59. The maximum Gasteiger partial charge on any atom is 0.345 e. The summed E-state index contributed by atoms with van der Waals surface area (Å²) in [5.41, 5.74) is 0. The minimum atomic E-state index is -0.847. The molecule has 62 valence electrons. The Morgan fingerprint density at radius 1 is 1.64 bits per heavy atom. The van der Waals surface area contributed by atoms with Crippen LogP contribution in [0.5, 0.6) is 0 Å². The first-order valence-corrected chi connectivity index (χ1v) is 4.37. The van der Waals surface area contributed by atoms with Gasteiger partial charge in [-0.05, 0) is 11.4 Å². The van der Waals surface area contributed by atoms with Crippen molar-refractivity contribution < 1.29 is 9.90 Å². The molecule has 0 fully saturated rings. The van der Waals surface area contributed by atoms with E-state index in [9.17, 15) is 4.79 Å². The standard InChI is InChI=1S/C5H4O2S.C3H8/c6-5(7)4-2-1-3-8-4;1-3-2/h1-3H,(H,6,7);3H2,1-2H3. The van der Waals surface area contributed by atoms with Crippen LogP contribution in [-0.2, 0) is 0 Å². The van der Waals surface area contributed by atoms with Gasteiger partial charge in [-0.15, -0.1) is 11.3 Å². The van der Waals surface area contributed by atoms with Crippen LogP contribution in [0.4, 0.5) is 0 Å². The third-order valence-electron chi connectivity index (χ3n) is 0.732. The van der Waals surface area contributed by atoms with Gasteiger partial charge in [-0.1, -0.05) is 26.3 Å². The molecule has 1 heterocycles. The first-order chi connectivity index (χ1) is 5.22. The van der Waals surface area contributed by atoms with E-state index in [0.29, 0.717) is 4.88 Å². The van der Waals surface area contributed by atoms with Crippen molar-refractivity contribution >= 4 is 17.3 Å². The lowest BCUT2D eigenvalue weighted by Gasteiger charge is -1.78. The summed E-state index contributed by atoms with van der Waals surface area (Å²) in [5, 5.41) is 10.0. The molecule has 11 heavy (non-hydrogen) atoms. The fourth-order valence-corrected chi connectivity index (χ4v) is 0.962. The van der Waals surface area contributed by atoms with Crippen molar-refractivity contribution in [2.45, 2.75) is 20.3 Å². The van der Waals surface area contributed by atoms with Crippen LogP contribution in [0, 0.1) is 0 Å². The molecule has 0 atom stereocenters. The number of thiophene rings is 1. The third kappa shape index (κ3) is 4.56. The summed E-state index contributed by atoms with van der Waals surface area (Å²) in [6, 6.07) is 3.29. The maximum atomic E-state index is 10.1. The van der Waals surface area contributed by atoms with Crippen LogP contribution in [0.1, 0.15) is 29.9 Å². The Labute approximate surface area is 70.5 Å². The van der Waals surface area contributed by atoms with Crippen molar-refractivity contribution in [3.8, 4) is 0 Å². The minimum absolute atomic E-state index is 0.394. The van der Waals surface area contributed by atoms with E-state index < -0.39 is 5.97 Å². The molecule has 3 heteroatoms. The van der Waals surface area contributed by atoms with Crippen molar-refractivity contribution in [3.05, 3.63) is 22.4 Å². The topological polar surface area (TPSA) is 37.3 Å². The highest BCUT2D eigenvalue weighted by Gasteiger charge is 1.99. The molecule has 0 radical (unpaired) electrons. The van der Waals surface area contributed by atoms with E-state index in [-0.39, 0.29) is 0 Å². The molecule has 0 spiro atoms. The fourth-order valence-electron chi connectivity index (χ4n) is 0.400. The Bertz CT molecular complexity index is 192. The number of carbonyl (C=O) groups is 1. The summed E-state index contributed by atoms with van der Waals surface area (Å²) in [6.07, 6.45) is 1.25. The molecule has 0 aromatic carbocycles. The Balaban J connectivity index is 0.000000292. The number of hydrogen-bond donors (Lipinski definition) is 1. The van der Waals surface area contributed by atoms with Gasteiger partial charge in [0.05, 0.1) is 0 Å². The van der Waals surface area contributed by atoms with E-state index >= 15 is 0 Å². The Morgan fingerprint density at radius 3 is 2.36 bits per heavy atom. The molecule has 1 aromatic rings. The summed E-state index contributed by atoms with van der Waals surface area (Å²) in [5.74, 6) is -0.847. The highest BCUT2D eigenvalue weighted by atomic mass is 32.1. The predicted octanol–water partition coefficient (Wildman–Crippen LogP) is 2.86. The smallest absolute Gasteiger partial charge is 0.345 e. The zero-order chi connectivity index (χ0) is 8.69. The van der Waals surface area contributed by atoms with Crippen molar-refractivity contribution in [1.82, 2.24) is 0 Å². The van der Waals surface area contributed by atoms with Gasteiger partial charge in [0.1, 0.15) is 4.88 Å². The number of carboxylic acid groups (broad SMARTS) is 1. The van der Waals surface area contributed by atoms with Crippen LogP contribution in [0.25, 0.3) is 0 Å². The number of aromatic carboxylic acids is 1. The second-order valence-corrected chi connectivity index (χ2v) is 2.94. The Kier molecular flexibility index (Phi) is 5.47. The van der Waals surface area contributed by atoms with Gasteiger partial charge < -0.3 is 5.11 Å². The van der Waals surface area contributed by atoms with Crippen LogP contribution in [0.3, 0.4) is 0 Å². The van der Waals surface area contributed by atoms with E-state index in [1.54, 1.807) is 17.5 Å². The lowest BCUT2D eigenvalue weighted by Crippen LogP contribution is -1.89. The van der Waals surface area contributed by atoms with Crippen LogP contribution < -0.4 is 0 Å². The van der Waals surface area contributed by atoms with Crippen LogP contribution in [-0.4, -0.2) is 11.1 Å². The first kappa shape index (κ1) is 10.2. The number of rotatable bonds is 1. The molecule has 1 rings (SSSR count). The second kappa shape index (κ2) is 5.92. The van der Waals surface area contributed by atoms with Gasteiger partial charge in [0.25, 0.3) is 0 Å². The number of carboxylic acids is 1. The molecule has 0 aliphatic rings. The van der Waals surface area contributed by atoms with Gasteiger partial charge in [-0.3, -0.25) is 0 Å². The first-order valence-electron chi connectivity index (χ1n) is 3.49. The Hall–Kier alpha value is -0.830. The normalized spacial score (nSPS) is 8.18. The highest BCUT2D eigenvalue weighted by Crippen LogP contribution is 2.06. The zero-order valence-electron chi connectivity index (χ0n) is 6.70. The van der Waals surface area contributed by atoms with Gasteiger partial charge in [-0.25, -0.2) is 4.79 Å². The highest BCUT2D eigenvalue weighted by molar-refractivity contribution is 7.11. The van der Waals surface area contributed by atoms with Crippen molar-refractivity contribution in [3.63, 3.8) is 0 Å². The molecular formula is C8H12O2S. The van der Waals surface area contributed by atoms with Gasteiger partial charge in [0, 0.05) is 0 Å². The molecule has 2 nitrogen and oxygen atoms in total.